The Hall–Kier alpha value is -0.830. The van der Waals surface area contributed by atoms with Gasteiger partial charge in [-0.25, -0.2) is 0 Å². The Balaban J connectivity index is 1.72. The number of piperidine rings is 1. The number of amides is 1. The minimum atomic E-state index is 0.411. The molecule has 3 nitrogen and oxygen atoms in total. The van der Waals surface area contributed by atoms with Crippen molar-refractivity contribution < 1.29 is 4.79 Å². The van der Waals surface area contributed by atoms with E-state index in [1.165, 1.54) is 25.7 Å². The van der Waals surface area contributed by atoms with Crippen molar-refractivity contribution in [2.75, 3.05) is 19.6 Å². The largest absolute Gasteiger partial charge is 0.356 e. The Morgan fingerprint density at radius 2 is 2.19 bits per heavy atom. The van der Waals surface area contributed by atoms with Crippen LogP contribution in [0.4, 0.5) is 0 Å². The Labute approximate surface area is 97.9 Å². The van der Waals surface area contributed by atoms with E-state index in [1.807, 2.05) is 0 Å². The molecule has 1 amide bonds. The van der Waals surface area contributed by atoms with Crippen LogP contribution in [-0.2, 0) is 4.79 Å². The lowest BCUT2D eigenvalue weighted by Gasteiger charge is -2.32. The minimum absolute atomic E-state index is 0.411. The second kappa shape index (κ2) is 6.04. The molecule has 1 saturated heterocycles. The van der Waals surface area contributed by atoms with Crippen molar-refractivity contribution in [2.45, 2.75) is 44.6 Å². The maximum absolute atomic E-state index is 10.3. The van der Waals surface area contributed by atoms with Crippen LogP contribution in [0.5, 0.6) is 0 Å². The molecule has 1 aliphatic heterocycles. The van der Waals surface area contributed by atoms with Crippen LogP contribution >= 0.6 is 0 Å². The highest BCUT2D eigenvalue weighted by molar-refractivity contribution is 5.46. The Bertz CT molecular complexity index is 255. The highest BCUT2D eigenvalue weighted by Crippen LogP contribution is 2.20. The number of allylic oxidation sites excluding steroid dienone is 1. The van der Waals surface area contributed by atoms with Crippen molar-refractivity contribution in [3.63, 3.8) is 0 Å². The first kappa shape index (κ1) is 11.6. The van der Waals surface area contributed by atoms with E-state index >= 15 is 0 Å². The molecule has 3 heteroatoms. The first-order chi connectivity index (χ1) is 7.88. The SMILES string of the molecule is O=CNC1CCN(CC2=CCCCC2)CC1. The standard InChI is InChI=1S/C13H22N2O/c16-11-14-13-6-8-15(9-7-13)10-12-4-2-1-3-5-12/h4,11,13H,1-3,5-10H2,(H,14,16). The van der Waals surface area contributed by atoms with E-state index in [4.69, 9.17) is 0 Å². The zero-order chi connectivity index (χ0) is 11.2. The van der Waals surface area contributed by atoms with Gasteiger partial charge in [-0.2, -0.15) is 0 Å². The molecule has 0 spiro atoms. The number of carbonyl (C=O) groups excluding carboxylic acids is 1. The summed E-state index contributed by atoms with van der Waals surface area (Å²) >= 11 is 0. The molecule has 0 saturated carbocycles. The lowest BCUT2D eigenvalue weighted by molar-refractivity contribution is -0.110. The number of nitrogens with zero attached hydrogens (tertiary/aromatic N) is 1. The van der Waals surface area contributed by atoms with Gasteiger partial charge in [0.2, 0.25) is 6.41 Å². The summed E-state index contributed by atoms with van der Waals surface area (Å²) in [6.07, 6.45) is 10.8. The van der Waals surface area contributed by atoms with Crippen molar-refractivity contribution in [1.82, 2.24) is 10.2 Å². The highest BCUT2D eigenvalue weighted by atomic mass is 16.1. The molecule has 0 aromatic rings. The predicted molar refractivity (Wildman–Crippen MR) is 65.2 cm³/mol. The second-order valence-electron chi connectivity index (χ2n) is 4.94. The molecule has 90 valence electrons. The maximum Gasteiger partial charge on any atom is 0.207 e. The molecule has 0 bridgehead atoms. The summed E-state index contributed by atoms with van der Waals surface area (Å²) in [6, 6.07) is 0.411. The van der Waals surface area contributed by atoms with Gasteiger partial charge in [0, 0.05) is 25.7 Å². The monoisotopic (exact) mass is 222 g/mol. The molecule has 0 aromatic heterocycles. The van der Waals surface area contributed by atoms with Gasteiger partial charge in [0.25, 0.3) is 0 Å². The van der Waals surface area contributed by atoms with Crippen LogP contribution in [0.2, 0.25) is 0 Å². The fourth-order valence-electron chi connectivity index (χ4n) is 2.69. The van der Waals surface area contributed by atoms with E-state index in [9.17, 15) is 4.79 Å². The normalized spacial score (nSPS) is 23.9. The van der Waals surface area contributed by atoms with Crippen LogP contribution in [0.25, 0.3) is 0 Å². The summed E-state index contributed by atoms with van der Waals surface area (Å²) in [5, 5.41) is 2.89. The average Bonchev–Trinajstić information content (AvgIpc) is 2.33. The van der Waals surface area contributed by atoms with Crippen molar-refractivity contribution in [3.8, 4) is 0 Å². The number of hydrogen-bond acceptors (Lipinski definition) is 2. The van der Waals surface area contributed by atoms with E-state index < -0.39 is 0 Å². The first-order valence-corrected chi connectivity index (χ1v) is 6.48. The fraction of sp³-hybridized carbons (Fsp3) is 0.769. The topological polar surface area (TPSA) is 32.3 Å². The van der Waals surface area contributed by atoms with Crippen LogP contribution in [0, 0.1) is 0 Å². The zero-order valence-corrected chi connectivity index (χ0v) is 9.95. The number of rotatable bonds is 4. The second-order valence-corrected chi connectivity index (χ2v) is 4.94. The molecule has 1 aliphatic carbocycles. The van der Waals surface area contributed by atoms with Gasteiger partial charge in [0.15, 0.2) is 0 Å². The number of nitrogens with one attached hydrogen (secondary N) is 1. The molecule has 16 heavy (non-hydrogen) atoms. The summed E-state index contributed by atoms with van der Waals surface area (Å²) < 4.78 is 0. The summed E-state index contributed by atoms with van der Waals surface area (Å²) in [4.78, 5) is 12.9. The van der Waals surface area contributed by atoms with Gasteiger partial charge < -0.3 is 5.32 Å². The van der Waals surface area contributed by atoms with E-state index in [-0.39, 0.29) is 0 Å². The lowest BCUT2D eigenvalue weighted by Crippen LogP contribution is -2.42. The highest BCUT2D eigenvalue weighted by Gasteiger charge is 2.19. The van der Waals surface area contributed by atoms with Gasteiger partial charge in [-0.1, -0.05) is 11.6 Å². The van der Waals surface area contributed by atoms with Crippen molar-refractivity contribution in [3.05, 3.63) is 11.6 Å². The molecule has 1 N–H and O–H groups in total. The summed E-state index contributed by atoms with van der Waals surface area (Å²) in [6.45, 7) is 3.42. The molecule has 0 radical (unpaired) electrons. The summed E-state index contributed by atoms with van der Waals surface area (Å²) in [5.41, 5.74) is 1.63. The Morgan fingerprint density at radius 1 is 1.38 bits per heavy atom. The van der Waals surface area contributed by atoms with Crippen LogP contribution in [0.15, 0.2) is 11.6 Å². The van der Waals surface area contributed by atoms with E-state index in [2.05, 4.69) is 16.3 Å². The summed E-state index contributed by atoms with van der Waals surface area (Å²) in [7, 11) is 0. The van der Waals surface area contributed by atoms with Gasteiger partial charge in [-0.15, -0.1) is 0 Å². The number of likely N-dealkylation sites (tertiary alicyclic amines) is 1. The number of carbonyl (C=O) groups is 1. The van der Waals surface area contributed by atoms with Crippen LogP contribution < -0.4 is 5.32 Å². The van der Waals surface area contributed by atoms with Gasteiger partial charge in [0.1, 0.15) is 0 Å². The molecule has 2 aliphatic rings. The van der Waals surface area contributed by atoms with Crippen molar-refractivity contribution in [2.24, 2.45) is 0 Å². The molecule has 0 atom stereocenters. The van der Waals surface area contributed by atoms with E-state index in [0.717, 1.165) is 38.9 Å². The predicted octanol–water partition coefficient (Wildman–Crippen LogP) is 1.70. The molecular formula is C13H22N2O. The third-order valence-electron chi connectivity index (χ3n) is 3.70. The quantitative estimate of drug-likeness (QED) is 0.580. The third kappa shape index (κ3) is 3.34. The molecule has 1 fully saturated rings. The zero-order valence-electron chi connectivity index (χ0n) is 9.95. The lowest BCUT2D eigenvalue weighted by atomic mass is 9.98. The van der Waals surface area contributed by atoms with Crippen molar-refractivity contribution >= 4 is 6.41 Å². The van der Waals surface area contributed by atoms with Gasteiger partial charge in [-0.3, -0.25) is 9.69 Å². The fourth-order valence-corrected chi connectivity index (χ4v) is 2.69. The molecule has 0 unspecified atom stereocenters. The van der Waals surface area contributed by atoms with Crippen LogP contribution in [0.1, 0.15) is 38.5 Å². The van der Waals surface area contributed by atoms with Crippen LogP contribution in [-0.4, -0.2) is 37.0 Å². The summed E-state index contributed by atoms with van der Waals surface area (Å²) in [5.74, 6) is 0. The van der Waals surface area contributed by atoms with E-state index in [0.29, 0.717) is 6.04 Å². The van der Waals surface area contributed by atoms with Crippen molar-refractivity contribution in [1.29, 1.82) is 0 Å². The molecule has 2 rings (SSSR count). The van der Waals surface area contributed by atoms with Crippen LogP contribution in [0.3, 0.4) is 0 Å². The third-order valence-corrected chi connectivity index (χ3v) is 3.70. The van der Waals surface area contributed by atoms with Gasteiger partial charge in [-0.05, 0) is 38.5 Å². The minimum Gasteiger partial charge on any atom is -0.356 e. The molecular weight excluding hydrogens is 200 g/mol. The van der Waals surface area contributed by atoms with E-state index in [1.54, 1.807) is 5.57 Å². The Morgan fingerprint density at radius 3 is 2.81 bits per heavy atom. The smallest absolute Gasteiger partial charge is 0.207 e. The Kier molecular flexibility index (Phi) is 4.40. The molecule has 0 aromatic carbocycles. The van der Waals surface area contributed by atoms with Gasteiger partial charge >= 0.3 is 0 Å². The molecule has 1 heterocycles. The maximum atomic E-state index is 10.3. The average molecular weight is 222 g/mol. The van der Waals surface area contributed by atoms with Gasteiger partial charge in [0.05, 0.1) is 0 Å². The first-order valence-electron chi connectivity index (χ1n) is 6.48. The number of hydrogen-bond donors (Lipinski definition) is 1.